The maximum atomic E-state index is 13.5. The van der Waals surface area contributed by atoms with E-state index in [1.807, 2.05) is 13.0 Å². The van der Waals surface area contributed by atoms with E-state index in [0.717, 1.165) is 61.2 Å². The van der Waals surface area contributed by atoms with Gasteiger partial charge in [-0.1, -0.05) is 12.1 Å². The van der Waals surface area contributed by atoms with E-state index in [9.17, 15) is 9.18 Å². The number of methoxy groups -OCH3 is 2. The number of halogens is 1. The lowest BCUT2D eigenvalue weighted by molar-refractivity contribution is 0.155. The summed E-state index contributed by atoms with van der Waals surface area (Å²) in [6, 6.07) is 11.0. The normalized spacial score (nSPS) is 24.8. The number of likely N-dealkylation sites (tertiary alicyclic amines) is 1. The molecule has 6 nitrogen and oxygen atoms in total. The summed E-state index contributed by atoms with van der Waals surface area (Å²) in [5.74, 6) is 1.17. The average Bonchev–Trinajstić information content (AvgIpc) is 3.16. The van der Waals surface area contributed by atoms with Crippen molar-refractivity contribution in [3.8, 4) is 11.5 Å². The maximum absolute atomic E-state index is 13.5. The third-order valence-electron chi connectivity index (χ3n) is 7.22. The first-order valence-electron chi connectivity index (χ1n) is 11.3. The second-order valence-corrected chi connectivity index (χ2v) is 9.88. The zero-order chi connectivity index (χ0) is 23.6. The molecule has 1 aliphatic carbocycles. The molecule has 8 heteroatoms. The van der Waals surface area contributed by atoms with Crippen LogP contribution in [-0.4, -0.2) is 50.8 Å². The predicted octanol–water partition coefficient (Wildman–Crippen LogP) is 4.65. The molecule has 2 aliphatic rings. The molecule has 178 valence electrons. The monoisotopic (exact) mass is 473 g/mol. The summed E-state index contributed by atoms with van der Waals surface area (Å²) in [7, 11) is 5.48. The SMILES string of the molecule is COc1ccc(C23CCC(NC(=O)NSc4cc(F)ccc4C)CC2N(C)CC3)cc1OC. The minimum Gasteiger partial charge on any atom is -0.493 e. The van der Waals surface area contributed by atoms with E-state index in [0.29, 0.717) is 10.9 Å². The molecule has 4 rings (SSSR count). The zero-order valence-corrected chi connectivity index (χ0v) is 20.4. The minimum absolute atomic E-state index is 0.0381. The maximum Gasteiger partial charge on any atom is 0.325 e. The highest BCUT2D eigenvalue weighted by Gasteiger charge is 2.50. The van der Waals surface area contributed by atoms with Crippen LogP contribution in [0.25, 0.3) is 0 Å². The average molecular weight is 474 g/mol. The number of nitrogens with zero attached hydrogens (tertiary/aromatic N) is 1. The van der Waals surface area contributed by atoms with E-state index in [2.05, 4.69) is 34.1 Å². The van der Waals surface area contributed by atoms with Gasteiger partial charge in [0.25, 0.3) is 0 Å². The van der Waals surface area contributed by atoms with E-state index in [-0.39, 0.29) is 23.3 Å². The number of hydrogen-bond acceptors (Lipinski definition) is 5. The molecule has 1 aliphatic heterocycles. The Bertz CT molecular complexity index is 1020. The fourth-order valence-electron chi connectivity index (χ4n) is 5.39. The van der Waals surface area contributed by atoms with E-state index in [1.165, 1.54) is 17.7 Å². The summed E-state index contributed by atoms with van der Waals surface area (Å²) in [6.45, 7) is 2.92. The van der Waals surface area contributed by atoms with Crippen LogP contribution in [-0.2, 0) is 5.41 Å². The van der Waals surface area contributed by atoms with Gasteiger partial charge >= 0.3 is 6.03 Å². The zero-order valence-electron chi connectivity index (χ0n) is 19.6. The van der Waals surface area contributed by atoms with Gasteiger partial charge in [0.2, 0.25) is 0 Å². The van der Waals surface area contributed by atoms with Gasteiger partial charge in [0.05, 0.1) is 14.2 Å². The second-order valence-electron chi connectivity index (χ2n) is 9.03. The summed E-state index contributed by atoms with van der Waals surface area (Å²) in [6.07, 6.45) is 3.84. The Kier molecular flexibility index (Phi) is 7.05. The number of amides is 2. The summed E-state index contributed by atoms with van der Waals surface area (Å²) >= 11 is 1.14. The van der Waals surface area contributed by atoms with Gasteiger partial charge in [0.15, 0.2) is 11.5 Å². The van der Waals surface area contributed by atoms with Gasteiger partial charge in [0.1, 0.15) is 5.82 Å². The lowest BCUT2D eigenvalue weighted by atomic mass is 9.65. The quantitative estimate of drug-likeness (QED) is 0.598. The Morgan fingerprint density at radius 1 is 1.15 bits per heavy atom. The van der Waals surface area contributed by atoms with Gasteiger partial charge in [-0.25, -0.2) is 9.18 Å². The third-order valence-corrected chi connectivity index (χ3v) is 8.17. The van der Waals surface area contributed by atoms with E-state index < -0.39 is 0 Å². The fraction of sp³-hybridized carbons (Fsp3) is 0.480. The van der Waals surface area contributed by atoms with Crippen LogP contribution in [0.3, 0.4) is 0 Å². The number of nitrogens with one attached hydrogen (secondary N) is 2. The van der Waals surface area contributed by atoms with Gasteiger partial charge in [-0.2, -0.15) is 0 Å². The minimum atomic E-state index is -0.312. The van der Waals surface area contributed by atoms with Crippen molar-refractivity contribution < 1.29 is 18.7 Å². The van der Waals surface area contributed by atoms with Gasteiger partial charge in [-0.15, -0.1) is 0 Å². The molecule has 2 fully saturated rings. The van der Waals surface area contributed by atoms with Crippen molar-refractivity contribution in [2.45, 2.75) is 55.0 Å². The van der Waals surface area contributed by atoms with Crippen molar-refractivity contribution in [3.63, 3.8) is 0 Å². The van der Waals surface area contributed by atoms with E-state index >= 15 is 0 Å². The Balaban J connectivity index is 1.43. The molecule has 1 saturated carbocycles. The summed E-state index contributed by atoms with van der Waals surface area (Å²) in [5.41, 5.74) is 2.23. The number of hydrogen-bond donors (Lipinski definition) is 2. The molecule has 0 spiro atoms. The molecular formula is C25H32FN3O3S. The van der Waals surface area contributed by atoms with Crippen LogP contribution in [0.15, 0.2) is 41.3 Å². The molecular weight excluding hydrogens is 441 g/mol. The van der Waals surface area contributed by atoms with Crippen LogP contribution >= 0.6 is 11.9 Å². The van der Waals surface area contributed by atoms with E-state index in [1.54, 1.807) is 20.3 Å². The molecule has 2 amide bonds. The molecule has 3 unspecified atom stereocenters. The topological polar surface area (TPSA) is 62.8 Å². The molecule has 1 heterocycles. The number of rotatable bonds is 6. The molecule has 0 bridgehead atoms. The molecule has 3 atom stereocenters. The van der Waals surface area contributed by atoms with Crippen LogP contribution in [0.5, 0.6) is 11.5 Å². The summed E-state index contributed by atoms with van der Waals surface area (Å²) in [4.78, 5) is 15.7. The van der Waals surface area contributed by atoms with Crippen molar-refractivity contribution in [1.82, 2.24) is 14.9 Å². The van der Waals surface area contributed by atoms with Crippen molar-refractivity contribution >= 4 is 18.0 Å². The first-order chi connectivity index (χ1) is 15.9. The number of urea groups is 1. The smallest absolute Gasteiger partial charge is 0.325 e. The number of carbonyl (C=O) groups is 1. The highest BCUT2D eigenvalue weighted by molar-refractivity contribution is 7.98. The van der Waals surface area contributed by atoms with Crippen LogP contribution in [0.2, 0.25) is 0 Å². The van der Waals surface area contributed by atoms with Crippen LogP contribution in [0.4, 0.5) is 9.18 Å². The standard InChI is InChI=1S/C25H32FN3O3S/c1-16-5-7-18(26)14-22(16)33-28-24(30)27-19-9-10-25(11-12-29(2)23(25)15-19)17-6-8-20(31-3)21(13-17)32-4/h5-8,13-14,19,23H,9-12,15H2,1-4H3,(H2,27,28,30). The lowest BCUT2D eigenvalue weighted by Gasteiger charge is -2.45. The number of benzene rings is 2. The van der Waals surface area contributed by atoms with Crippen LogP contribution in [0, 0.1) is 12.7 Å². The third kappa shape index (κ3) is 4.77. The molecule has 2 N–H and O–H groups in total. The second kappa shape index (κ2) is 9.81. The number of ether oxygens (including phenoxy) is 2. The van der Waals surface area contributed by atoms with Crippen LogP contribution in [0.1, 0.15) is 36.8 Å². The van der Waals surface area contributed by atoms with E-state index in [4.69, 9.17) is 9.47 Å². The summed E-state index contributed by atoms with van der Waals surface area (Å²) < 4.78 is 27.3. The van der Waals surface area contributed by atoms with Crippen molar-refractivity contribution in [2.75, 3.05) is 27.8 Å². The molecule has 1 saturated heterocycles. The lowest BCUT2D eigenvalue weighted by Crippen LogP contribution is -2.52. The van der Waals surface area contributed by atoms with Crippen molar-refractivity contribution in [3.05, 3.63) is 53.3 Å². The van der Waals surface area contributed by atoms with Gasteiger partial charge in [0, 0.05) is 22.4 Å². The number of likely N-dealkylation sites (N-methyl/N-ethyl adjacent to an activating group) is 1. The van der Waals surface area contributed by atoms with Crippen molar-refractivity contribution in [2.24, 2.45) is 0 Å². The Hall–Kier alpha value is -2.45. The highest BCUT2D eigenvalue weighted by Crippen LogP contribution is 2.49. The largest absolute Gasteiger partial charge is 0.493 e. The van der Waals surface area contributed by atoms with Gasteiger partial charge < -0.3 is 19.7 Å². The molecule has 0 radical (unpaired) electrons. The van der Waals surface area contributed by atoms with Crippen LogP contribution < -0.4 is 19.5 Å². The first kappa shape index (κ1) is 23.7. The molecule has 2 aromatic rings. The molecule has 2 aromatic carbocycles. The number of fused-ring (bicyclic) bond motifs is 1. The molecule has 0 aromatic heterocycles. The van der Waals surface area contributed by atoms with Gasteiger partial charge in [-0.3, -0.25) is 4.72 Å². The Morgan fingerprint density at radius 2 is 1.94 bits per heavy atom. The summed E-state index contributed by atoms with van der Waals surface area (Å²) in [5, 5.41) is 3.13. The van der Waals surface area contributed by atoms with Crippen molar-refractivity contribution in [1.29, 1.82) is 0 Å². The first-order valence-corrected chi connectivity index (χ1v) is 12.1. The predicted molar refractivity (Wildman–Crippen MR) is 129 cm³/mol. The molecule has 33 heavy (non-hydrogen) atoms. The highest BCUT2D eigenvalue weighted by atomic mass is 32.2. The van der Waals surface area contributed by atoms with Gasteiger partial charge in [-0.05, 0) is 93.5 Å². The fourth-order valence-corrected chi connectivity index (χ4v) is 6.06. The number of aryl methyl sites for hydroxylation is 1. The number of carbonyl (C=O) groups excluding carboxylic acids is 1. The Labute approximate surface area is 199 Å². The Morgan fingerprint density at radius 3 is 2.70 bits per heavy atom.